The van der Waals surface area contributed by atoms with Crippen molar-refractivity contribution in [3.63, 3.8) is 0 Å². The number of nitrogens with zero attached hydrogens (tertiary/aromatic N) is 1. The average Bonchev–Trinajstić information content (AvgIpc) is 2.03. The van der Waals surface area contributed by atoms with E-state index in [1.807, 2.05) is 0 Å². The first-order valence-corrected chi connectivity index (χ1v) is 4.93. The first kappa shape index (κ1) is 11.9. The Balaban J connectivity index is 3.00. The molecule has 0 saturated carbocycles. The SMILES string of the molecule is CCN(C)CCCOCC(C)C. The first-order chi connectivity index (χ1) is 5.66. The third-order valence-corrected chi connectivity index (χ3v) is 1.82. The molecule has 0 atom stereocenters. The molecule has 0 heterocycles. The second-order valence-electron chi connectivity index (χ2n) is 3.72. The molecule has 0 aliphatic heterocycles. The Bertz CT molecular complexity index is 93.8. The summed E-state index contributed by atoms with van der Waals surface area (Å²) in [6.45, 7) is 10.6. The molecular formula is C10H23NO. The van der Waals surface area contributed by atoms with Crippen LogP contribution in [0.1, 0.15) is 27.2 Å². The molecule has 0 aromatic heterocycles. The van der Waals surface area contributed by atoms with E-state index < -0.39 is 0 Å². The van der Waals surface area contributed by atoms with Crippen LogP contribution in [0.15, 0.2) is 0 Å². The van der Waals surface area contributed by atoms with E-state index in [-0.39, 0.29) is 0 Å². The van der Waals surface area contributed by atoms with E-state index in [1.165, 1.54) is 0 Å². The zero-order valence-corrected chi connectivity index (χ0v) is 8.97. The molecule has 0 aromatic rings. The van der Waals surface area contributed by atoms with Crippen LogP contribution in [0.4, 0.5) is 0 Å². The van der Waals surface area contributed by atoms with Crippen molar-refractivity contribution in [2.75, 3.05) is 33.4 Å². The van der Waals surface area contributed by atoms with Gasteiger partial charge in [0.05, 0.1) is 0 Å². The molecule has 0 rings (SSSR count). The predicted molar refractivity (Wildman–Crippen MR) is 53.4 cm³/mol. The van der Waals surface area contributed by atoms with E-state index in [4.69, 9.17) is 4.74 Å². The molecule has 0 N–H and O–H groups in total. The lowest BCUT2D eigenvalue weighted by Crippen LogP contribution is -2.20. The minimum absolute atomic E-state index is 0.661. The Hall–Kier alpha value is -0.0800. The molecule has 2 nitrogen and oxygen atoms in total. The Kier molecular flexibility index (Phi) is 7.51. The summed E-state index contributed by atoms with van der Waals surface area (Å²) in [5.74, 6) is 0.661. The Morgan fingerprint density at radius 3 is 2.50 bits per heavy atom. The summed E-state index contributed by atoms with van der Waals surface area (Å²) >= 11 is 0. The summed E-state index contributed by atoms with van der Waals surface area (Å²) in [6.07, 6.45) is 1.15. The van der Waals surface area contributed by atoms with Crippen LogP contribution >= 0.6 is 0 Å². The Morgan fingerprint density at radius 2 is 2.00 bits per heavy atom. The lowest BCUT2D eigenvalue weighted by Gasteiger charge is -2.13. The van der Waals surface area contributed by atoms with Gasteiger partial charge >= 0.3 is 0 Å². The van der Waals surface area contributed by atoms with Crippen LogP contribution in [-0.4, -0.2) is 38.3 Å². The third-order valence-electron chi connectivity index (χ3n) is 1.82. The summed E-state index contributed by atoms with van der Waals surface area (Å²) in [4.78, 5) is 2.30. The minimum Gasteiger partial charge on any atom is -0.381 e. The van der Waals surface area contributed by atoms with Gasteiger partial charge in [0.15, 0.2) is 0 Å². The first-order valence-electron chi connectivity index (χ1n) is 4.93. The second-order valence-corrected chi connectivity index (χ2v) is 3.72. The summed E-state index contributed by atoms with van der Waals surface area (Å²) < 4.78 is 5.46. The monoisotopic (exact) mass is 173 g/mol. The zero-order chi connectivity index (χ0) is 9.40. The summed E-state index contributed by atoms with van der Waals surface area (Å²) in [6, 6.07) is 0. The maximum atomic E-state index is 5.46. The molecule has 74 valence electrons. The van der Waals surface area contributed by atoms with E-state index in [0.717, 1.165) is 32.7 Å². The normalized spacial score (nSPS) is 11.5. The Morgan fingerprint density at radius 1 is 1.33 bits per heavy atom. The van der Waals surface area contributed by atoms with Crippen molar-refractivity contribution in [2.45, 2.75) is 27.2 Å². The highest BCUT2D eigenvalue weighted by Gasteiger charge is 1.95. The van der Waals surface area contributed by atoms with Crippen LogP contribution < -0.4 is 0 Å². The van der Waals surface area contributed by atoms with Gasteiger partial charge in [-0.2, -0.15) is 0 Å². The topological polar surface area (TPSA) is 12.5 Å². The van der Waals surface area contributed by atoms with Gasteiger partial charge in [-0.15, -0.1) is 0 Å². The molecule has 0 saturated heterocycles. The molecule has 0 bridgehead atoms. The lowest BCUT2D eigenvalue weighted by atomic mass is 10.2. The van der Waals surface area contributed by atoms with E-state index in [0.29, 0.717) is 5.92 Å². The maximum absolute atomic E-state index is 5.46. The van der Waals surface area contributed by atoms with Gasteiger partial charge in [0.1, 0.15) is 0 Å². The molecule has 2 heteroatoms. The van der Waals surface area contributed by atoms with Crippen molar-refractivity contribution >= 4 is 0 Å². The molecule has 0 aliphatic carbocycles. The highest BCUT2D eigenvalue weighted by Crippen LogP contribution is 1.94. The van der Waals surface area contributed by atoms with Gasteiger partial charge in [0.2, 0.25) is 0 Å². The smallest absolute Gasteiger partial charge is 0.0489 e. The second kappa shape index (κ2) is 7.56. The van der Waals surface area contributed by atoms with E-state index in [2.05, 4.69) is 32.7 Å². The molecule has 0 aromatic carbocycles. The van der Waals surface area contributed by atoms with Gasteiger partial charge in [0, 0.05) is 19.8 Å². The fraction of sp³-hybridized carbons (Fsp3) is 1.00. The summed E-state index contributed by atoms with van der Waals surface area (Å²) in [5, 5.41) is 0. The highest BCUT2D eigenvalue weighted by molar-refractivity contribution is 4.47. The largest absolute Gasteiger partial charge is 0.381 e. The van der Waals surface area contributed by atoms with Gasteiger partial charge in [-0.25, -0.2) is 0 Å². The van der Waals surface area contributed by atoms with Crippen LogP contribution in [0.5, 0.6) is 0 Å². The highest BCUT2D eigenvalue weighted by atomic mass is 16.5. The van der Waals surface area contributed by atoms with Gasteiger partial charge in [-0.1, -0.05) is 20.8 Å². The van der Waals surface area contributed by atoms with Crippen LogP contribution in [0, 0.1) is 5.92 Å². The van der Waals surface area contributed by atoms with Gasteiger partial charge in [-0.05, 0) is 25.9 Å². The predicted octanol–water partition coefficient (Wildman–Crippen LogP) is 2.00. The quantitative estimate of drug-likeness (QED) is 0.546. The van der Waals surface area contributed by atoms with Crippen molar-refractivity contribution in [3.8, 4) is 0 Å². The average molecular weight is 173 g/mol. The van der Waals surface area contributed by atoms with Gasteiger partial charge in [0.25, 0.3) is 0 Å². The molecule has 0 aliphatic rings. The molecule has 0 unspecified atom stereocenters. The maximum Gasteiger partial charge on any atom is 0.0489 e. The van der Waals surface area contributed by atoms with E-state index in [9.17, 15) is 0 Å². The number of ether oxygens (including phenoxy) is 1. The molecule has 0 radical (unpaired) electrons. The van der Waals surface area contributed by atoms with Crippen molar-refractivity contribution < 1.29 is 4.74 Å². The summed E-state index contributed by atoms with van der Waals surface area (Å²) in [5.41, 5.74) is 0. The lowest BCUT2D eigenvalue weighted by molar-refractivity contribution is 0.102. The van der Waals surface area contributed by atoms with Crippen LogP contribution in [0.2, 0.25) is 0 Å². The van der Waals surface area contributed by atoms with E-state index >= 15 is 0 Å². The molecule has 0 amide bonds. The van der Waals surface area contributed by atoms with Gasteiger partial charge in [-0.3, -0.25) is 0 Å². The number of hydrogen-bond acceptors (Lipinski definition) is 2. The van der Waals surface area contributed by atoms with Gasteiger partial charge < -0.3 is 9.64 Å². The van der Waals surface area contributed by atoms with Crippen molar-refractivity contribution in [1.82, 2.24) is 4.90 Å². The zero-order valence-electron chi connectivity index (χ0n) is 8.97. The standard InChI is InChI=1S/C10H23NO/c1-5-11(4)7-6-8-12-9-10(2)3/h10H,5-9H2,1-4H3. The fourth-order valence-electron chi connectivity index (χ4n) is 0.914. The molecule has 0 spiro atoms. The molecular weight excluding hydrogens is 150 g/mol. The molecule has 12 heavy (non-hydrogen) atoms. The van der Waals surface area contributed by atoms with Crippen molar-refractivity contribution in [1.29, 1.82) is 0 Å². The molecule has 0 fully saturated rings. The van der Waals surface area contributed by atoms with Crippen LogP contribution in [0.3, 0.4) is 0 Å². The van der Waals surface area contributed by atoms with E-state index in [1.54, 1.807) is 0 Å². The van der Waals surface area contributed by atoms with Crippen molar-refractivity contribution in [2.24, 2.45) is 5.92 Å². The minimum atomic E-state index is 0.661. The third kappa shape index (κ3) is 8.02. The fourth-order valence-corrected chi connectivity index (χ4v) is 0.914. The van der Waals surface area contributed by atoms with Crippen LogP contribution in [0.25, 0.3) is 0 Å². The number of hydrogen-bond donors (Lipinski definition) is 0. The van der Waals surface area contributed by atoms with Crippen molar-refractivity contribution in [3.05, 3.63) is 0 Å². The Labute approximate surface area is 76.9 Å². The summed E-state index contributed by atoms with van der Waals surface area (Å²) in [7, 11) is 2.14. The van der Waals surface area contributed by atoms with Crippen LogP contribution in [-0.2, 0) is 4.74 Å². The number of rotatable bonds is 7.